The van der Waals surface area contributed by atoms with E-state index in [-0.39, 0.29) is 11.2 Å². The average molecular weight is 262 g/mol. The van der Waals surface area contributed by atoms with E-state index in [1.54, 1.807) is 0 Å². The van der Waals surface area contributed by atoms with Crippen LogP contribution in [0.4, 0.5) is 0 Å². The minimum absolute atomic E-state index is 0.125. The summed E-state index contributed by atoms with van der Waals surface area (Å²) in [5.41, 5.74) is -0.693. The smallest absolute Gasteiger partial charge is 0.150 e. The fourth-order valence-corrected chi connectivity index (χ4v) is 4.33. The maximum Gasteiger partial charge on any atom is 0.150 e. The van der Waals surface area contributed by atoms with Crippen LogP contribution >= 0.6 is 0 Å². The van der Waals surface area contributed by atoms with Crippen LogP contribution < -0.4 is 0 Å². The van der Waals surface area contributed by atoms with E-state index < -0.39 is 15.4 Å². The van der Waals surface area contributed by atoms with Crippen molar-refractivity contribution in [1.82, 2.24) is 0 Å². The summed E-state index contributed by atoms with van der Waals surface area (Å²) < 4.78 is 28.5. The van der Waals surface area contributed by atoms with Crippen LogP contribution in [0.15, 0.2) is 0 Å². The lowest BCUT2D eigenvalue weighted by Gasteiger charge is -2.42. The van der Waals surface area contributed by atoms with Gasteiger partial charge in [-0.3, -0.25) is 0 Å². The number of rotatable bonds is 2. The maximum absolute atomic E-state index is 11.6. The van der Waals surface area contributed by atoms with Crippen molar-refractivity contribution in [3.8, 4) is 0 Å². The summed E-state index contributed by atoms with van der Waals surface area (Å²) in [6, 6.07) is 0. The zero-order chi connectivity index (χ0) is 12.5. The van der Waals surface area contributed by atoms with Crippen molar-refractivity contribution in [1.29, 1.82) is 0 Å². The molecule has 1 aliphatic carbocycles. The van der Waals surface area contributed by atoms with Gasteiger partial charge < -0.3 is 9.84 Å². The lowest BCUT2D eigenvalue weighted by Crippen LogP contribution is -2.46. The predicted molar refractivity (Wildman–Crippen MR) is 65.6 cm³/mol. The second-order valence-electron chi connectivity index (χ2n) is 5.53. The van der Waals surface area contributed by atoms with Gasteiger partial charge in [-0.2, -0.15) is 0 Å². The van der Waals surface area contributed by atoms with E-state index in [9.17, 15) is 13.5 Å². The third-order valence-corrected chi connectivity index (χ3v) is 5.99. The molecule has 1 saturated heterocycles. The molecule has 0 spiro atoms. The first-order chi connectivity index (χ1) is 7.92. The monoisotopic (exact) mass is 262 g/mol. The second kappa shape index (κ2) is 4.86. The molecule has 0 aromatic carbocycles. The Morgan fingerprint density at radius 1 is 1.24 bits per heavy atom. The van der Waals surface area contributed by atoms with Gasteiger partial charge in [-0.05, 0) is 38.0 Å². The first-order valence-electron chi connectivity index (χ1n) is 6.41. The summed E-state index contributed by atoms with van der Waals surface area (Å²) in [6.07, 6.45) is 5.84. The van der Waals surface area contributed by atoms with Crippen LogP contribution in [0.5, 0.6) is 0 Å². The number of sulfone groups is 1. The largest absolute Gasteiger partial charge is 0.389 e. The molecule has 2 atom stereocenters. The van der Waals surface area contributed by atoms with Crippen LogP contribution in [-0.4, -0.2) is 43.8 Å². The molecule has 100 valence electrons. The Balaban J connectivity index is 2.06. The van der Waals surface area contributed by atoms with Gasteiger partial charge in [0.1, 0.15) is 9.84 Å². The molecule has 0 aromatic heterocycles. The predicted octanol–water partition coefficient (Wildman–Crippen LogP) is 1.13. The molecule has 4 nitrogen and oxygen atoms in total. The molecule has 0 amide bonds. The lowest BCUT2D eigenvalue weighted by molar-refractivity contribution is -0.107. The van der Waals surface area contributed by atoms with E-state index in [4.69, 9.17) is 4.74 Å². The summed E-state index contributed by atoms with van der Waals surface area (Å²) in [5.74, 6) is 0.125. The van der Waals surface area contributed by atoms with Crippen LogP contribution in [0.1, 0.15) is 38.5 Å². The SMILES string of the molecule is CS(=O)(=O)C1CCCC(C2(O)CCOCC2)C1. The molecule has 1 aliphatic heterocycles. The summed E-state index contributed by atoms with van der Waals surface area (Å²) >= 11 is 0. The van der Waals surface area contributed by atoms with E-state index in [0.717, 1.165) is 19.3 Å². The fourth-order valence-electron chi connectivity index (χ4n) is 3.15. The zero-order valence-corrected chi connectivity index (χ0v) is 11.2. The fraction of sp³-hybridized carbons (Fsp3) is 1.00. The van der Waals surface area contributed by atoms with Gasteiger partial charge in [0, 0.05) is 19.5 Å². The van der Waals surface area contributed by atoms with E-state index in [1.807, 2.05) is 0 Å². The van der Waals surface area contributed by atoms with Gasteiger partial charge in [-0.25, -0.2) is 8.42 Å². The summed E-state index contributed by atoms with van der Waals surface area (Å²) in [4.78, 5) is 0. The summed E-state index contributed by atoms with van der Waals surface area (Å²) in [6.45, 7) is 1.19. The van der Waals surface area contributed by atoms with E-state index in [0.29, 0.717) is 32.5 Å². The number of ether oxygens (including phenoxy) is 1. The van der Waals surface area contributed by atoms with Crippen molar-refractivity contribution in [2.24, 2.45) is 5.92 Å². The van der Waals surface area contributed by atoms with Gasteiger partial charge in [0.25, 0.3) is 0 Å². The van der Waals surface area contributed by atoms with Crippen molar-refractivity contribution < 1.29 is 18.3 Å². The third-order valence-electron chi connectivity index (χ3n) is 4.35. The van der Waals surface area contributed by atoms with Crippen molar-refractivity contribution >= 4 is 9.84 Å². The molecule has 1 N–H and O–H groups in total. The van der Waals surface area contributed by atoms with Gasteiger partial charge in [0.2, 0.25) is 0 Å². The molecule has 2 fully saturated rings. The Labute approximate surface area is 103 Å². The molecule has 2 aliphatic rings. The average Bonchev–Trinajstić information content (AvgIpc) is 2.29. The highest BCUT2D eigenvalue weighted by atomic mass is 32.2. The van der Waals surface area contributed by atoms with Crippen molar-refractivity contribution in [3.05, 3.63) is 0 Å². The molecule has 0 radical (unpaired) electrons. The first-order valence-corrected chi connectivity index (χ1v) is 8.36. The number of hydrogen-bond donors (Lipinski definition) is 1. The third kappa shape index (κ3) is 3.01. The molecule has 0 aromatic rings. The van der Waals surface area contributed by atoms with Crippen LogP contribution in [0.2, 0.25) is 0 Å². The number of hydrogen-bond acceptors (Lipinski definition) is 4. The Morgan fingerprint density at radius 3 is 2.47 bits per heavy atom. The topological polar surface area (TPSA) is 63.6 Å². The van der Waals surface area contributed by atoms with Crippen LogP contribution in [0, 0.1) is 5.92 Å². The Bertz CT molecular complexity index is 357. The van der Waals surface area contributed by atoms with Crippen LogP contribution in [0.25, 0.3) is 0 Å². The van der Waals surface area contributed by atoms with Crippen molar-refractivity contribution in [3.63, 3.8) is 0 Å². The highest BCUT2D eigenvalue weighted by Crippen LogP contribution is 2.40. The molecular formula is C12H22O4S. The standard InChI is InChI=1S/C12H22O4S/c1-17(14,15)11-4-2-3-10(9-11)12(13)5-7-16-8-6-12/h10-11,13H,2-9H2,1H3. The quantitative estimate of drug-likeness (QED) is 0.810. The molecule has 17 heavy (non-hydrogen) atoms. The highest BCUT2D eigenvalue weighted by Gasteiger charge is 2.42. The molecular weight excluding hydrogens is 240 g/mol. The van der Waals surface area contributed by atoms with Gasteiger partial charge in [-0.1, -0.05) is 6.42 Å². The van der Waals surface area contributed by atoms with E-state index in [1.165, 1.54) is 6.26 Å². The van der Waals surface area contributed by atoms with E-state index in [2.05, 4.69) is 0 Å². The molecule has 5 heteroatoms. The minimum Gasteiger partial charge on any atom is -0.389 e. The lowest BCUT2D eigenvalue weighted by atomic mass is 9.73. The molecule has 0 bridgehead atoms. The normalized spacial score (nSPS) is 34.5. The molecule has 2 rings (SSSR count). The van der Waals surface area contributed by atoms with Crippen LogP contribution in [-0.2, 0) is 14.6 Å². The molecule has 1 heterocycles. The minimum atomic E-state index is -2.97. The Hall–Kier alpha value is -0.130. The van der Waals surface area contributed by atoms with Gasteiger partial charge in [0.15, 0.2) is 0 Å². The van der Waals surface area contributed by atoms with Crippen molar-refractivity contribution in [2.75, 3.05) is 19.5 Å². The second-order valence-corrected chi connectivity index (χ2v) is 7.86. The maximum atomic E-state index is 11.6. The summed E-state index contributed by atoms with van der Waals surface area (Å²) in [7, 11) is -2.97. The zero-order valence-electron chi connectivity index (χ0n) is 10.4. The Morgan fingerprint density at radius 2 is 1.88 bits per heavy atom. The molecule has 1 saturated carbocycles. The van der Waals surface area contributed by atoms with Gasteiger partial charge >= 0.3 is 0 Å². The first kappa shape index (κ1) is 13.3. The van der Waals surface area contributed by atoms with Crippen molar-refractivity contribution in [2.45, 2.75) is 49.4 Å². The van der Waals surface area contributed by atoms with Crippen LogP contribution in [0.3, 0.4) is 0 Å². The van der Waals surface area contributed by atoms with E-state index >= 15 is 0 Å². The van der Waals surface area contributed by atoms with Gasteiger partial charge in [-0.15, -0.1) is 0 Å². The molecule has 2 unspecified atom stereocenters. The number of aliphatic hydroxyl groups is 1. The Kier molecular flexibility index (Phi) is 3.80. The summed E-state index contributed by atoms with van der Waals surface area (Å²) in [5, 5.41) is 10.3. The van der Waals surface area contributed by atoms with Gasteiger partial charge in [0.05, 0.1) is 10.9 Å². The highest BCUT2D eigenvalue weighted by molar-refractivity contribution is 7.91.